The Balaban J connectivity index is 0.00000204. The molecule has 4 rings (SSSR count). The zero-order chi connectivity index (χ0) is 22.6. The molecule has 34 heavy (non-hydrogen) atoms. The lowest BCUT2D eigenvalue weighted by molar-refractivity contribution is -0.137. The zero-order valence-corrected chi connectivity index (χ0v) is 20.5. The Morgan fingerprint density at radius 3 is 1.97 bits per heavy atom. The molecule has 1 unspecified atom stereocenters. The van der Waals surface area contributed by atoms with Crippen molar-refractivity contribution in [2.24, 2.45) is 0 Å². The summed E-state index contributed by atoms with van der Waals surface area (Å²) in [5.41, 5.74) is 2.56. The van der Waals surface area contributed by atoms with Gasteiger partial charge >= 0.3 is 6.18 Å². The monoisotopic (exact) mass is 512 g/mol. The van der Waals surface area contributed by atoms with Gasteiger partial charge in [-0.25, -0.2) is 0 Å². The first kappa shape index (κ1) is 27.8. The van der Waals surface area contributed by atoms with Gasteiger partial charge in [0.25, 0.3) is 0 Å². The van der Waals surface area contributed by atoms with E-state index in [1.165, 1.54) is 17.7 Å². The van der Waals surface area contributed by atoms with E-state index < -0.39 is 11.7 Å². The number of benzene rings is 3. The van der Waals surface area contributed by atoms with Crippen LogP contribution in [0, 0.1) is 0 Å². The standard InChI is InChI=1S/C26H27F3N2O.2ClH/c1-32-25-10-6-5-9-23(25)30-15-17-31(18-16-30)24(21-7-3-2-4-8-21)19-20-11-13-22(14-12-20)26(27,28)29;;/h2-14,24H,15-19H2,1H3;2*1H. The number of methoxy groups -OCH3 is 1. The number of hydrogen-bond acceptors (Lipinski definition) is 3. The summed E-state index contributed by atoms with van der Waals surface area (Å²) >= 11 is 0. The SMILES string of the molecule is COc1ccccc1N1CCN(C(Cc2ccc(C(F)(F)F)cc2)c2ccccc2)CC1.Cl.Cl. The van der Waals surface area contributed by atoms with Crippen LogP contribution in [0.1, 0.15) is 22.7 Å². The Bertz CT molecular complexity index is 1010. The molecule has 3 aromatic rings. The maximum Gasteiger partial charge on any atom is 0.416 e. The molecule has 0 saturated carbocycles. The summed E-state index contributed by atoms with van der Waals surface area (Å²) in [6, 6.07) is 23.9. The van der Waals surface area contributed by atoms with Gasteiger partial charge in [0.15, 0.2) is 0 Å². The first-order chi connectivity index (χ1) is 15.5. The third-order valence-corrected chi connectivity index (χ3v) is 6.08. The van der Waals surface area contributed by atoms with Crippen molar-refractivity contribution in [2.45, 2.75) is 18.6 Å². The molecule has 1 fully saturated rings. The van der Waals surface area contributed by atoms with Gasteiger partial charge in [0.2, 0.25) is 0 Å². The molecule has 0 aromatic heterocycles. The number of para-hydroxylation sites is 2. The van der Waals surface area contributed by atoms with Crippen LogP contribution in [0.5, 0.6) is 5.75 Å². The average molecular weight is 513 g/mol. The summed E-state index contributed by atoms with van der Waals surface area (Å²) in [6.45, 7) is 3.43. The molecule has 0 amide bonds. The summed E-state index contributed by atoms with van der Waals surface area (Å²) in [6.07, 6.45) is -3.65. The summed E-state index contributed by atoms with van der Waals surface area (Å²) in [7, 11) is 1.69. The fourth-order valence-corrected chi connectivity index (χ4v) is 4.35. The molecular formula is C26H29Cl2F3N2O. The number of anilines is 1. The molecule has 0 N–H and O–H groups in total. The smallest absolute Gasteiger partial charge is 0.416 e. The summed E-state index contributed by atoms with van der Waals surface area (Å²) in [4.78, 5) is 4.76. The second kappa shape index (κ2) is 12.3. The largest absolute Gasteiger partial charge is 0.495 e. The quantitative estimate of drug-likeness (QED) is 0.367. The van der Waals surface area contributed by atoms with Crippen LogP contribution in [-0.2, 0) is 12.6 Å². The van der Waals surface area contributed by atoms with Gasteiger partial charge in [-0.05, 0) is 41.8 Å². The van der Waals surface area contributed by atoms with Gasteiger partial charge in [-0.2, -0.15) is 13.2 Å². The normalized spacial score (nSPS) is 15.1. The van der Waals surface area contributed by atoms with Crippen LogP contribution in [0.3, 0.4) is 0 Å². The first-order valence-corrected chi connectivity index (χ1v) is 10.8. The zero-order valence-electron chi connectivity index (χ0n) is 18.9. The molecule has 1 heterocycles. The van der Waals surface area contributed by atoms with Crippen LogP contribution < -0.4 is 9.64 Å². The minimum Gasteiger partial charge on any atom is -0.495 e. The van der Waals surface area contributed by atoms with Crippen LogP contribution in [0.15, 0.2) is 78.9 Å². The number of piperazine rings is 1. The molecule has 1 atom stereocenters. The molecule has 0 spiro atoms. The van der Waals surface area contributed by atoms with Gasteiger partial charge in [0.1, 0.15) is 5.75 Å². The number of alkyl halides is 3. The minimum atomic E-state index is -4.31. The highest BCUT2D eigenvalue weighted by atomic mass is 35.5. The summed E-state index contributed by atoms with van der Waals surface area (Å²) < 4.78 is 44.4. The van der Waals surface area contributed by atoms with Crippen molar-refractivity contribution in [3.05, 3.63) is 95.6 Å². The van der Waals surface area contributed by atoms with Crippen molar-refractivity contribution in [2.75, 3.05) is 38.2 Å². The molecule has 8 heteroatoms. The van der Waals surface area contributed by atoms with Crippen molar-refractivity contribution in [3.8, 4) is 5.75 Å². The second-order valence-corrected chi connectivity index (χ2v) is 8.02. The van der Waals surface area contributed by atoms with E-state index in [1.54, 1.807) is 19.2 Å². The Hall–Kier alpha value is -2.41. The van der Waals surface area contributed by atoms with E-state index in [4.69, 9.17) is 4.74 Å². The van der Waals surface area contributed by atoms with Crippen molar-refractivity contribution in [3.63, 3.8) is 0 Å². The van der Waals surface area contributed by atoms with Crippen molar-refractivity contribution >= 4 is 30.5 Å². The number of ether oxygens (including phenoxy) is 1. The lowest BCUT2D eigenvalue weighted by atomic mass is 9.96. The second-order valence-electron chi connectivity index (χ2n) is 8.02. The topological polar surface area (TPSA) is 15.7 Å². The third-order valence-electron chi connectivity index (χ3n) is 6.08. The fourth-order valence-electron chi connectivity index (χ4n) is 4.35. The molecule has 0 radical (unpaired) electrons. The highest BCUT2D eigenvalue weighted by Gasteiger charge is 2.30. The molecule has 1 aliphatic rings. The number of hydrogen-bond donors (Lipinski definition) is 0. The minimum absolute atomic E-state index is 0. The Morgan fingerprint density at radius 2 is 1.38 bits per heavy atom. The fraction of sp³-hybridized carbons (Fsp3) is 0.308. The van der Waals surface area contributed by atoms with E-state index in [0.29, 0.717) is 6.42 Å². The molecule has 1 aliphatic heterocycles. The van der Waals surface area contributed by atoms with Gasteiger partial charge < -0.3 is 9.64 Å². The van der Waals surface area contributed by atoms with E-state index >= 15 is 0 Å². The third kappa shape index (κ3) is 6.59. The van der Waals surface area contributed by atoms with Gasteiger partial charge in [-0.1, -0.05) is 54.6 Å². The van der Waals surface area contributed by atoms with Gasteiger partial charge in [0.05, 0.1) is 18.4 Å². The maximum absolute atomic E-state index is 12.9. The lowest BCUT2D eigenvalue weighted by Gasteiger charge is -2.41. The summed E-state index contributed by atoms with van der Waals surface area (Å²) in [5.74, 6) is 0.866. The molecule has 1 saturated heterocycles. The molecule has 0 bridgehead atoms. The Kier molecular flexibility index (Phi) is 10.1. The van der Waals surface area contributed by atoms with E-state index in [-0.39, 0.29) is 30.9 Å². The predicted molar refractivity (Wildman–Crippen MR) is 136 cm³/mol. The number of nitrogens with zero attached hydrogens (tertiary/aromatic N) is 2. The Morgan fingerprint density at radius 1 is 0.794 bits per heavy atom. The highest BCUT2D eigenvalue weighted by Crippen LogP contribution is 2.33. The van der Waals surface area contributed by atoms with Gasteiger partial charge in [-0.3, -0.25) is 4.90 Å². The summed E-state index contributed by atoms with van der Waals surface area (Å²) in [5, 5.41) is 0. The Labute approximate surface area is 211 Å². The van der Waals surface area contributed by atoms with Crippen molar-refractivity contribution in [1.29, 1.82) is 0 Å². The van der Waals surface area contributed by atoms with Crippen LogP contribution in [0.25, 0.3) is 0 Å². The first-order valence-electron chi connectivity index (χ1n) is 10.8. The lowest BCUT2D eigenvalue weighted by Crippen LogP contribution is -2.48. The highest BCUT2D eigenvalue weighted by molar-refractivity contribution is 5.85. The molecule has 0 aliphatic carbocycles. The van der Waals surface area contributed by atoms with E-state index in [1.807, 2.05) is 36.4 Å². The number of rotatable bonds is 6. The molecule has 184 valence electrons. The predicted octanol–water partition coefficient (Wildman–Crippen LogP) is 6.66. The number of halogens is 5. The van der Waals surface area contributed by atoms with Crippen molar-refractivity contribution < 1.29 is 17.9 Å². The van der Waals surface area contributed by atoms with Crippen LogP contribution >= 0.6 is 24.8 Å². The molecule has 3 nitrogen and oxygen atoms in total. The molecular weight excluding hydrogens is 484 g/mol. The van der Waals surface area contributed by atoms with E-state index in [9.17, 15) is 13.2 Å². The average Bonchev–Trinajstić information content (AvgIpc) is 2.83. The van der Waals surface area contributed by atoms with E-state index in [0.717, 1.165) is 43.2 Å². The van der Waals surface area contributed by atoms with Crippen molar-refractivity contribution in [1.82, 2.24) is 4.90 Å². The van der Waals surface area contributed by atoms with E-state index in [2.05, 4.69) is 28.0 Å². The van der Waals surface area contributed by atoms with Crippen LogP contribution in [-0.4, -0.2) is 38.2 Å². The van der Waals surface area contributed by atoms with Crippen LogP contribution in [0.2, 0.25) is 0 Å². The maximum atomic E-state index is 12.9. The molecule has 3 aromatic carbocycles. The van der Waals surface area contributed by atoms with Crippen LogP contribution in [0.4, 0.5) is 18.9 Å². The van der Waals surface area contributed by atoms with Gasteiger partial charge in [0, 0.05) is 32.2 Å². The van der Waals surface area contributed by atoms with Gasteiger partial charge in [-0.15, -0.1) is 24.8 Å².